The molecule has 1 saturated heterocycles. The molecule has 0 aromatic heterocycles. The number of amides is 2. The van der Waals surface area contributed by atoms with E-state index in [0.717, 1.165) is 17.7 Å². The Bertz CT molecular complexity index is 1180. The summed E-state index contributed by atoms with van der Waals surface area (Å²) in [5.74, 6) is -3.46. The lowest BCUT2D eigenvalue weighted by Crippen LogP contribution is -2.69. The van der Waals surface area contributed by atoms with E-state index in [2.05, 4.69) is 0 Å². The second-order valence-corrected chi connectivity index (χ2v) is 10.2. The molecule has 1 unspecified atom stereocenters. The predicted molar refractivity (Wildman–Crippen MR) is 109 cm³/mol. The van der Waals surface area contributed by atoms with Crippen LogP contribution < -0.4 is 4.72 Å². The molecule has 164 valence electrons. The highest BCUT2D eigenvalue weighted by atomic mass is 35.5. The fourth-order valence-electron chi connectivity index (χ4n) is 3.88. The van der Waals surface area contributed by atoms with Gasteiger partial charge in [0.2, 0.25) is 5.91 Å². The minimum absolute atomic E-state index is 0.253. The summed E-state index contributed by atoms with van der Waals surface area (Å²) in [6, 6.07) is 8.87. The van der Waals surface area contributed by atoms with Gasteiger partial charge in [0, 0.05) is 17.6 Å². The van der Waals surface area contributed by atoms with Gasteiger partial charge >= 0.3 is 0 Å². The van der Waals surface area contributed by atoms with E-state index in [0.29, 0.717) is 30.5 Å². The Hall–Kier alpha value is -2.52. The second kappa shape index (κ2) is 7.27. The summed E-state index contributed by atoms with van der Waals surface area (Å²) < 4.78 is 53.8. The van der Waals surface area contributed by atoms with Crippen LogP contribution in [0.4, 0.5) is 8.78 Å². The summed E-state index contributed by atoms with van der Waals surface area (Å²) in [5.41, 5.74) is -1.37. The molecule has 6 nitrogen and oxygen atoms in total. The number of carbonyl (C=O) groups excluding carboxylic acids is 2. The third-order valence-corrected chi connectivity index (χ3v) is 7.74. The SMILES string of the molecule is CC1(C(=O)NS(=O)(=O)c2ccc(F)cc2F)CCN1C(=O)C1(c2ccc(Cl)cc2)CC1. The first kappa shape index (κ1) is 21.7. The topological polar surface area (TPSA) is 83.6 Å². The van der Waals surface area contributed by atoms with E-state index in [1.807, 2.05) is 4.72 Å². The van der Waals surface area contributed by atoms with Gasteiger partial charge in [0.1, 0.15) is 22.1 Å². The van der Waals surface area contributed by atoms with Crippen LogP contribution in [0.3, 0.4) is 0 Å². The molecule has 0 spiro atoms. The highest BCUT2D eigenvalue weighted by molar-refractivity contribution is 7.90. The smallest absolute Gasteiger partial charge is 0.267 e. The van der Waals surface area contributed by atoms with Gasteiger partial charge in [-0.3, -0.25) is 9.59 Å². The van der Waals surface area contributed by atoms with Crippen LogP contribution >= 0.6 is 11.6 Å². The van der Waals surface area contributed by atoms with E-state index in [-0.39, 0.29) is 12.3 Å². The molecule has 31 heavy (non-hydrogen) atoms. The fraction of sp³-hybridized carbons (Fsp3) is 0.333. The molecule has 2 aliphatic rings. The normalized spacial score (nSPS) is 21.9. The van der Waals surface area contributed by atoms with Crippen molar-refractivity contribution in [2.75, 3.05) is 6.54 Å². The number of halogens is 3. The Morgan fingerprint density at radius 3 is 2.23 bits per heavy atom. The van der Waals surface area contributed by atoms with Crippen LogP contribution in [0.15, 0.2) is 47.4 Å². The van der Waals surface area contributed by atoms with E-state index in [4.69, 9.17) is 11.6 Å². The zero-order valence-corrected chi connectivity index (χ0v) is 18.1. The number of hydrogen-bond donors (Lipinski definition) is 1. The minimum Gasteiger partial charge on any atom is -0.327 e. The van der Waals surface area contributed by atoms with Crippen molar-refractivity contribution in [3.05, 3.63) is 64.7 Å². The summed E-state index contributed by atoms with van der Waals surface area (Å²) >= 11 is 5.93. The van der Waals surface area contributed by atoms with Gasteiger partial charge in [-0.25, -0.2) is 21.9 Å². The second-order valence-electron chi connectivity index (χ2n) is 8.08. The summed E-state index contributed by atoms with van der Waals surface area (Å²) in [7, 11) is -4.59. The number of likely N-dealkylation sites (tertiary alicyclic amines) is 1. The van der Waals surface area contributed by atoms with Gasteiger partial charge in [0.25, 0.3) is 15.9 Å². The van der Waals surface area contributed by atoms with E-state index in [1.54, 1.807) is 24.3 Å². The number of carbonyl (C=O) groups is 2. The fourth-order valence-corrected chi connectivity index (χ4v) is 5.14. The highest BCUT2D eigenvalue weighted by Gasteiger charge is 2.60. The van der Waals surface area contributed by atoms with Gasteiger partial charge in [-0.15, -0.1) is 0 Å². The Labute approximate surface area is 183 Å². The lowest BCUT2D eigenvalue weighted by molar-refractivity contribution is -0.158. The molecule has 2 aromatic carbocycles. The van der Waals surface area contributed by atoms with Gasteiger partial charge in [0.05, 0.1) is 5.41 Å². The maximum atomic E-state index is 13.9. The average molecular weight is 469 g/mol. The zero-order valence-electron chi connectivity index (χ0n) is 16.5. The molecule has 2 fully saturated rings. The molecule has 2 amide bonds. The van der Waals surface area contributed by atoms with Crippen LogP contribution in [0.25, 0.3) is 0 Å². The summed E-state index contributed by atoms with van der Waals surface area (Å²) in [6.45, 7) is 1.77. The Morgan fingerprint density at radius 1 is 1.06 bits per heavy atom. The summed E-state index contributed by atoms with van der Waals surface area (Å²) in [4.78, 5) is 26.7. The van der Waals surface area contributed by atoms with Crippen molar-refractivity contribution >= 4 is 33.4 Å². The molecule has 10 heteroatoms. The van der Waals surface area contributed by atoms with Gasteiger partial charge in [-0.05, 0) is 56.0 Å². The van der Waals surface area contributed by atoms with Crippen molar-refractivity contribution in [2.45, 2.75) is 42.0 Å². The lowest BCUT2D eigenvalue weighted by atomic mass is 9.82. The lowest BCUT2D eigenvalue weighted by Gasteiger charge is -2.50. The van der Waals surface area contributed by atoms with E-state index in [1.165, 1.54) is 11.8 Å². The van der Waals surface area contributed by atoms with Crippen molar-refractivity contribution in [1.82, 2.24) is 9.62 Å². The monoisotopic (exact) mass is 468 g/mol. The van der Waals surface area contributed by atoms with Crippen molar-refractivity contribution in [3.63, 3.8) is 0 Å². The Balaban J connectivity index is 1.55. The van der Waals surface area contributed by atoms with Crippen LogP contribution in [0.1, 0.15) is 31.7 Å². The number of nitrogens with one attached hydrogen (secondary N) is 1. The molecule has 4 rings (SSSR count). The van der Waals surface area contributed by atoms with Gasteiger partial charge in [-0.1, -0.05) is 23.7 Å². The molecule has 0 radical (unpaired) electrons. The molecule has 1 heterocycles. The van der Waals surface area contributed by atoms with Gasteiger partial charge in [0.15, 0.2) is 0 Å². The van der Waals surface area contributed by atoms with Crippen molar-refractivity contribution in [3.8, 4) is 0 Å². The van der Waals surface area contributed by atoms with Crippen molar-refractivity contribution in [1.29, 1.82) is 0 Å². The molecule has 1 saturated carbocycles. The standard InChI is InChI=1S/C21H19ClF2N2O4S/c1-20(18(27)25-31(29,30)17-7-6-15(23)12-16(17)24)10-11-26(20)19(28)21(8-9-21)13-2-4-14(22)5-3-13/h2-7,12H,8-11H2,1H3,(H,25,27). The molecule has 1 aliphatic heterocycles. The van der Waals surface area contributed by atoms with Crippen molar-refractivity contribution < 1.29 is 26.8 Å². The first-order chi connectivity index (χ1) is 14.5. The number of rotatable bonds is 5. The van der Waals surface area contributed by atoms with Crippen LogP contribution in [-0.2, 0) is 25.0 Å². The molecule has 1 atom stereocenters. The Morgan fingerprint density at radius 2 is 1.71 bits per heavy atom. The predicted octanol–water partition coefficient (Wildman–Crippen LogP) is 3.15. The van der Waals surface area contributed by atoms with E-state index in [9.17, 15) is 26.8 Å². The largest absolute Gasteiger partial charge is 0.327 e. The summed E-state index contributed by atoms with van der Waals surface area (Å²) in [5, 5.41) is 0.540. The molecular weight excluding hydrogens is 450 g/mol. The number of hydrogen-bond acceptors (Lipinski definition) is 4. The maximum Gasteiger partial charge on any atom is 0.267 e. The minimum atomic E-state index is -4.59. The number of sulfonamides is 1. The van der Waals surface area contributed by atoms with Crippen LogP contribution in [0.2, 0.25) is 5.02 Å². The maximum absolute atomic E-state index is 13.9. The number of nitrogens with zero attached hydrogens (tertiary/aromatic N) is 1. The molecule has 1 aliphatic carbocycles. The third-order valence-electron chi connectivity index (χ3n) is 6.12. The average Bonchev–Trinajstić information content (AvgIpc) is 3.48. The van der Waals surface area contributed by atoms with E-state index < -0.39 is 43.4 Å². The van der Waals surface area contributed by atoms with Crippen LogP contribution in [-0.4, -0.2) is 37.2 Å². The molecular formula is C21H19ClF2N2O4S. The zero-order chi connectivity index (χ0) is 22.6. The molecule has 2 aromatic rings. The highest BCUT2D eigenvalue weighted by Crippen LogP contribution is 2.52. The number of benzene rings is 2. The first-order valence-corrected chi connectivity index (χ1v) is 11.5. The Kier molecular flexibility index (Phi) is 5.09. The van der Waals surface area contributed by atoms with E-state index >= 15 is 0 Å². The molecule has 1 N–H and O–H groups in total. The van der Waals surface area contributed by atoms with Gasteiger partial charge in [-0.2, -0.15) is 0 Å². The third kappa shape index (κ3) is 3.59. The van der Waals surface area contributed by atoms with Crippen LogP contribution in [0.5, 0.6) is 0 Å². The quantitative estimate of drug-likeness (QED) is 0.730. The van der Waals surface area contributed by atoms with Crippen LogP contribution in [0, 0.1) is 11.6 Å². The first-order valence-electron chi connectivity index (χ1n) is 9.60. The summed E-state index contributed by atoms with van der Waals surface area (Å²) in [6.07, 6.45) is 1.48. The van der Waals surface area contributed by atoms with Crippen molar-refractivity contribution in [2.24, 2.45) is 0 Å². The van der Waals surface area contributed by atoms with Gasteiger partial charge < -0.3 is 4.90 Å². The molecule has 0 bridgehead atoms.